The van der Waals surface area contributed by atoms with E-state index in [4.69, 9.17) is 16.3 Å². The fourth-order valence-corrected chi connectivity index (χ4v) is 4.99. The molecule has 0 radical (unpaired) electrons. The first-order chi connectivity index (χ1) is 17.5. The van der Waals surface area contributed by atoms with E-state index in [2.05, 4.69) is 5.32 Å². The van der Waals surface area contributed by atoms with Crippen molar-refractivity contribution in [1.29, 1.82) is 0 Å². The number of amides is 2. The highest BCUT2D eigenvalue weighted by atomic mass is 35.5. The smallest absolute Gasteiger partial charge is 0.243 e. The molecule has 0 heterocycles. The second-order valence-electron chi connectivity index (χ2n) is 9.03. The number of benzene rings is 2. The molecule has 37 heavy (non-hydrogen) atoms. The van der Waals surface area contributed by atoms with E-state index >= 15 is 0 Å². The lowest BCUT2D eigenvalue weighted by atomic mass is 10.1. The summed E-state index contributed by atoms with van der Waals surface area (Å²) in [6.07, 6.45) is 2.73. The van der Waals surface area contributed by atoms with Gasteiger partial charge in [-0.05, 0) is 68.1 Å². The van der Waals surface area contributed by atoms with Crippen LogP contribution >= 0.6 is 11.6 Å². The zero-order chi connectivity index (χ0) is 27.6. The van der Waals surface area contributed by atoms with Crippen molar-refractivity contribution >= 4 is 39.1 Å². The van der Waals surface area contributed by atoms with E-state index in [0.717, 1.165) is 18.2 Å². The predicted molar refractivity (Wildman–Crippen MR) is 148 cm³/mol. The SMILES string of the molecule is CC[C@@H](C)NC(=O)[C@@H](CC)N(Cc1ccc(OC)cc1)C(=O)CCCN(c1ccc(Cl)cc1)S(C)(=O)=O. The Balaban J connectivity index is 2.22. The summed E-state index contributed by atoms with van der Waals surface area (Å²) >= 11 is 5.95. The Labute approximate surface area is 226 Å². The molecule has 10 heteroatoms. The first-order valence-corrected chi connectivity index (χ1v) is 14.7. The van der Waals surface area contributed by atoms with Crippen LogP contribution in [0.1, 0.15) is 52.0 Å². The van der Waals surface area contributed by atoms with Gasteiger partial charge in [0.15, 0.2) is 0 Å². The number of sulfonamides is 1. The number of carbonyl (C=O) groups is 2. The van der Waals surface area contributed by atoms with Gasteiger partial charge in [-0.1, -0.05) is 37.6 Å². The van der Waals surface area contributed by atoms with Gasteiger partial charge in [-0.2, -0.15) is 0 Å². The summed E-state index contributed by atoms with van der Waals surface area (Å²) in [5, 5.41) is 3.49. The summed E-state index contributed by atoms with van der Waals surface area (Å²) in [4.78, 5) is 28.2. The number of hydrogen-bond acceptors (Lipinski definition) is 5. The van der Waals surface area contributed by atoms with Gasteiger partial charge in [0, 0.05) is 30.6 Å². The highest BCUT2D eigenvalue weighted by Gasteiger charge is 2.29. The molecule has 2 amide bonds. The Kier molecular flexibility index (Phi) is 11.7. The van der Waals surface area contributed by atoms with Crippen molar-refractivity contribution in [2.75, 3.05) is 24.2 Å². The predicted octanol–water partition coefficient (Wildman–Crippen LogP) is 4.62. The lowest BCUT2D eigenvalue weighted by molar-refractivity contribution is -0.141. The monoisotopic (exact) mass is 551 g/mol. The van der Waals surface area contributed by atoms with E-state index in [1.54, 1.807) is 36.3 Å². The van der Waals surface area contributed by atoms with Crippen molar-refractivity contribution in [3.05, 3.63) is 59.1 Å². The van der Waals surface area contributed by atoms with Gasteiger partial charge in [-0.25, -0.2) is 8.42 Å². The van der Waals surface area contributed by atoms with Crippen LogP contribution in [-0.4, -0.2) is 57.1 Å². The van der Waals surface area contributed by atoms with Crippen molar-refractivity contribution < 1.29 is 22.7 Å². The van der Waals surface area contributed by atoms with E-state index in [1.165, 1.54) is 4.31 Å². The third kappa shape index (κ3) is 9.23. The van der Waals surface area contributed by atoms with Gasteiger partial charge < -0.3 is 15.0 Å². The molecule has 0 saturated heterocycles. The summed E-state index contributed by atoms with van der Waals surface area (Å²) < 4.78 is 31.3. The number of anilines is 1. The Morgan fingerprint density at radius 3 is 2.16 bits per heavy atom. The minimum Gasteiger partial charge on any atom is -0.497 e. The van der Waals surface area contributed by atoms with Gasteiger partial charge in [0.05, 0.1) is 19.1 Å². The van der Waals surface area contributed by atoms with Gasteiger partial charge in [0.2, 0.25) is 21.8 Å². The molecular formula is C27H38ClN3O5S. The average molecular weight is 552 g/mol. The van der Waals surface area contributed by atoms with Gasteiger partial charge in [0.1, 0.15) is 11.8 Å². The highest BCUT2D eigenvalue weighted by Crippen LogP contribution is 2.22. The molecule has 2 rings (SSSR count). The molecule has 1 N–H and O–H groups in total. The summed E-state index contributed by atoms with van der Waals surface area (Å²) in [6, 6.07) is 13.2. The molecule has 0 fully saturated rings. The molecule has 0 aliphatic carbocycles. The molecule has 204 valence electrons. The minimum absolute atomic E-state index is 0.0119. The second-order valence-corrected chi connectivity index (χ2v) is 11.4. The van der Waals surface area contributed by atoms with Gasteiger partial charge in [0.25, 0.3) is 0 Å². The first kappa shape index (κ1) is 30.4. The Morgan fingerprint density at radius 1 is 1.03 bits per heavy atom. The molecule has 0 aromatic heterocycles. The third-order valence-electron chi connectivity index (χ3n) is 6.17. The quantitative estimate of drug-likeness (QED) is 0.370. The van der Waals surface area contributed by atoms with Gasteiger partial charge in [-0.15, -0.1) is 0 Å². The topological polar surface area (TPSA) is 96.0 Å². The van der Waals surface area contributed by atoms with E-state index in [1.807, 2.05) is 45.0 Å². The van der Waals surface area contributed by atoms with Crippen LogP contribution in [0.25, 0.3) is 0 Å². The number of nitrogens with zero attached hydrogens (tertiary/aromatic N) is 2. The Hall–Kier alpha value is -2.78. The summed E-state index contributed by atoms with van der Waals surface area (Å²) in [5.41, 5.74) is 1.34. The van der Waals surface area contributed by atoms with Crippen molar-refractivity contribution in [3.8, 4) is 5.75 Å². The fourth-order valence-electron chi connectivity index (χ4n) is 3.90. The second kappa shape index (κ2) is 14.2. The normalized spacial score (nSPS) is 12.9. The largest absolute Gasteiger partial charge is 0.497 e. The van der Waals surface area contributed by atoms with Crippen molar-refractivity contribution in [2.24, 2.45) is 0 Å². The number of hydrogen-bond donors (Lipinski definition) is 1. The number of ether oxygens (including phenoxy) is 1. The fraction of sp³-hybridized carbons (Fsp3) is 0.481. The Bertz CT molecular complexity index is 1120. The van der Waals surface area contributed by atoms with Crippen LogP contribution in [0, 0.1) is 0 Å². The highest BCUT2D eigenvalue weighted by molar-refractivity contribution is 7.92. The lowest BCUT2D eigenvalue weighted by Crippen LogP contribution is -2.50. The number of rotatable bonds is 14. The number of methoxy groups -OCH3 is 1. The number of halogens is 1. The van der Waals surface area contributed by atoms with Gasteiger partial charge in [-0.3, -0.25) is 13.9 Å². The van der Waals surface area contributed by atoms with E-state index in [9.17, 15) is 18.0 Å². The zero-order valence-corrected chi connectivity index (χ0v) is 23.8. The van der Waals surface area contributed by atoms with Crippen LogP contribution < -0.4 is 14.4 Å². The van der Waals surface area contributed by atoms with Crippen LogP contribution in [0.4, 0.5) is 5.69 Å². The molecule has 2 atom stereocenters. The van der Waals surface area contributed by atoms with Gasteiger partial charge >= 0.3 is 0 Å². The molecule has 0 spiro atoms. The van der Waals surface area contributed by atoms with Crippen LogP contribution in [0.2, 0.25) is 5.02 Å². The molecule has 2 aromatic rings. The van der Waals surface area contributed by atoms with Crippen molar-refractivity contribution in [1.82, 2.24) is 10.2 Å². The van der Waals surface area contributed by atoms with E-state index in [0.29, 0.717) is 22.9 Å². The van der Waals surface area contributed by atoms with Crippen molar-refractivity contribution in [2.45, 2.75) is 65.1 Å². The standard InChI is InChI=1S/C27H38ClN3O5S/c1-6-20(3)29-27(33)25(7-2)30(19-21-10-16-24(36-4)17-11-21)26(32)9-8-18-31(37(5,34)35)23-14-12-22(28)13-15-23/h10-17,20,25H,6-9,18-19H2,1-5H3,(H,29,33)/t20-,25-/m1/s1. The Morgan fingerprint density at radius 2 is 1.65 bits per heavy atom. The molecule has 0 saturated carbocycles. The molecule has 0 unspecified atom stereocenters. The van der Waals surface area contributed by atoms with E-state index < -0.39 is 16.1 Å². The molecule has 2 aromatic carbocycles. The van der Waals surface area contributed by atoms with Crippen LogP contribution in [-0.2, 0) is 26.2 Å². The summed E-state index contributed by atoms with van der Waals surface area (Å²) in [6.45, 7) is 6.17. The molecular weight excluding hydrogens is 514 g/mol. The minimum atomic E-state index is -3.57. The molecule has 0 bridgehead atoms. The average Bonchev–Trinajstić information content (AvgIpc) is 2.86. The number of carbonyl (C=O) groups excluding carboxylic acids is 2. The summed E-state index contributed by atoms with van der Waals surface area (Å²) in [5.74, 6) is 0.287. The van der Waals surface area contributed by atoms with Crippen LogP contribution in [0.3, 0.4) is 0 Å². The molecule has 0 aliphatic heterocycles. The third-order valence-corrected chi connectivity index (χ3v) is 7.61. The van der Waals surface area contributed by atoms with Crippen LogP contribution in [0.5, 0.6) is 5.75 Å². The van der Waals surface area contributed by atoms with Crippen molar-refractivity contribution in [3.63, 3.8) is 0 Å². The summed E-state index contributed by atoms with van der Waals surface area (Å²) in [7, 11) is -1.98. The van der Waals surface area contributed by atoms with E-state index in [-0.39, 0.29) is 43.8 Å². The lowest BCUT2D eigenvalue weighted by Gasteiger charge is -2.32. The maximum absolute atomic E-state index is 13.5. The molecule has 8 nitrogen and oxygen atoms in total. The first-order valence-electron chi connectivity index (χ1n) is 12.5. The maximum atomic E-state index is 13.5. The number of nitrogens with one attached hydrogen (secondary N) is 1. The molecule has 0 aliphatic rings. The van der Waals surface area contributed by atoms with Crippen LogP contribution in [0.15, 0.2) is 48.5 Å². The zero-order valence-electron chi connectivity index (χ0n) is 22.2. The maximum Gasteiger partial charge on any atom is 0.243 e.